The van der Waals surface area contributed by atoms with Crippen molar-refractivity contribution in [3.8, 4) is 0 Å². The maximum atomic E-state index is 10.1. The van der Waals surface area contributed by atoms with E-state index in [9.17, 15) is 5.11 Å². The van der Waals surface area contributed by atoms with Crippen LogP contribution >= 0.6 is 0 Å². The number of aliphatic hydroxyl groups is 1. The Bertz CT molecular complexity index is 358. The van der Waals surface area contributed by atoms with Crippen LogP contribution < -0.4 is 4.90 Å². The van der Waals surface area contributed by atoms with Crippen LogP contribution in [0.2, 0.25) is 0 Å². The van der Waals surface area contributed by atoms with Gasteiger partial charge in [-0.3, -0.25) is 0 Å². The Morgan fingerprint density at radius 3 is 2.39 bits per heavy atom. The standard InChI is InChI=1S/C14H21NO3/c1-15(2)12-5-3-11(4-6-12)13(16)7-8-14-17-9-10-18-14/h3-6,13-14,16H,7-10H2,1-2H3. The number of aliphatic hydroxyl groups excluding tert-OH is 1. The van der Waals surface area contributed by atoms with Crippen LogP contribution in [-0.2, 0) is 9.47 Å². The van der Waals surface area contributed by atoms with E-state index in [1.807, 2.05) is 43.3 Å². The lowest BCUT2D eigenvalue weighted by Crippen LogP contribution is -2.10. The first kappa shape index (κ1) is 13.3. The predicted octanol–water partition coefficient (Wildman–Crippen LogP) is 1.94. The number of ether oxygens (including phenoxy) is 2. The molecule has 0 radical (unpaired) electrons. The molecular formula is C14H21NO3. The van der Waals surface area contributed by atoms with Crippen LogP contribution in [0.1, 0.15) is 24.5 Å². The summed E-state index contributed by atoms with van der Waals surface area (Å²) in [5, 5.41) is 10.1. The van der Waals surface area contributed by atoms with Gasteiger partial charge in [-0.15, -0.1) is 0 Å². The van der Waals surface area contributed by atoms with Gasteiger partial charge in [0.25, 0.3) is 0 Å². The number of anilines is 1. The minimum Gasteiger partial charge on any atom is -0.388 e. The van der Waals surface area contributed by atoms with E-state index in [2.05, 4.69) is 0 Å². The lowest BCUT2D eigenvalue weighted by atomic mass is 10.0. The highest BCUT2D eigenvalue weighted by Gasteiger charge is 2.18. The highest BCUT2D eigenvalue weighted by molar-refractivity contribution is 5.46. The first-order valence-corrected chi connectivity index (χ1v) is 6.35. The summed E-state index contributed by atoms with van der Waals surface area (Å²) in [5.74, 6) is 0. The Morgan fingerprint density at radius 1 is 1.22 bits per heavy atom. The Balaban J connectivity index is 1.85. The molecule has 1 N–H and O–H groups in total. The monoisotopic (exact) mass is 251 g/mol. The molecule has 2 rings (SSSR count). The SMILES string of the molecule is CN(C)c1ccc(C(O)CCC2OCCO2)cc1. The number of rotatable bonds is 5. The van der Waals surface area contributed by atoms with Gasteiger partial charge in [-0.1, -0.05) is 12.1 Å². The molecule has 0 amide bonds. The number of hydrogen-bond acceptors (Lipinski definition) is 4. The van der Waals surface area contributed by atoms with Crippen molar-refractivity contribution < 1.29 is 14.6 Å². The van der Waals surface area contributed by atoms with E-state index in [1.54, 1.807) is 0 Å². The van der Waals surface area contributed by atoms with Crippen molar-refractivity contribution in [2.45, 2.75) is 25.2 Å². The normalized spacial score (nSPS) is 17.9. The summed E-state index contributed by atoms with van der Waals surface area (Å²) < 4.78 is 10.7. The largest absolute Gasteiger partial charge is 0.388 e. The van der Waals surface area contributed by atoms with Crippen LogP contribution in [0, 0.1) is 0 Å². The molecule has 1 heterocycles. The molecule has 0 spiro atoms. The summed E-state index contributed by atoms with van der Waals surface area (Å²) in [7, 11) is 4.00. The van der Waals surface area contributed by atoms with Crippen molar-refractivity contribution in [1.82, 2.24) is 0 Å². The van der Waals surface area contributed by atoms with Crippen molar-refractivity contribution >= 4 is 5.69 Å². The Labute approximate surface area is 108 Å². The first-order valence-electron chi connectivity index (χ1n) is 6.35. The molecule has 1 fully saturated rings. The van der Waals surface area contributed by atoms with Gasteiger partial charge in [-0.25, -0.2) is 0 Å². The van der Waals surface area contributed by atoms with Gasteiger partial charge in [-0.2, -0.15) is 0 Å². The van der Waals surface area contributed by atoms with Crippen LogP contribution in [0.3, 0.4) is 0 Å². The number of nitrogens with zero attached hydrogens (tertiary/aromatic N) is 1. The summed E-state index contributed by atoms with van der Waals surface area (Å²) in [6, 6.07) is 7.97. The fraction of sp³-hybridized carbons (Fsp3) is 0.571. The van der Waals surface area contributed by atoms with Gasteiger partial charge in [0.05, 0.1) is 19.3 Å². The smallest absolute Gasteiger partial charge is 0.157 e. The third kappa shape index (κ3) is 3.45. The van der Waals surface area contributed by atoms with Crippen LogP contribution in [0.4, 0.5) is 5.69 Å². The summed E-state index contributed by atoms with van der Waals surface area (Å²) in [6.45, 7) is 1.33. The summed E-state index contributed by atoms with van der Waals surface area (Å²) in [6.07, 6.45) is 0.803. The fourth-order valence-electron chi connectivity index (χ4n) is 2.03. The molecule has 4 nitrogen and oxygen atoms in total. The van der Waals surface area contributed by atoms with E-state index in [0.29, 0.717) is 19.6 Å². The van der Waals surface area contributed by atoms with Gasteiger partial charge >= 0.3 is 0 Å². The molecule has 0 saturated carbocycles. The van der Waals surface area contributed by atoms with E-state index >= 15 is 0 Å². The highest BCUT2D eigenvalue weighted by Crippen LogP contribution is 2.23. The molecule has 100 valence electrons. The van der Waals surface area contributed by atoms with E-state index in [4.69, 9.17) is 9.47 Å². The summed E-state index contributed by atoms with van der Waals surface area (Å²) >= 11 is 0. The molecule has 4 heteroatoms. The molecule has 1 atom stereocenters. The molecule has 1 saturated heterocycles. The van der Waals surface area contributed by atoms with E-state index < -0.39 is 6.10 Å². The van der Waals surface area contributed by atoms with Gasteiger partial charge in [-0.05, 0) is 24.1 Å². The van der Waals surface area contributed by atoms with Crippen molar-refractivity contribution in [1.29, 1.82) is 0 Å². The molecule has 1 aliphatic rings. The molecule has 1 aromatic rings. The molecular weight excluding hydrogens is 230 g/mol. The Hall–Kier alpha value is -1.10. The molecule has 1 aliphatic heterocycles. The third-order valence-corrected chi connectivity index (χ3v) is 3.16. The van der Waals surface area contributed by atoms with Crippen molar-refractivity contribution in [2.24, 2.45) is 0 Å². The summed E-state index contributed by atoms with van der Waals surface area (Å²) in [4.78, 5) is 2.04. The molecule has 0 aliphatic carbocycles. The number of hydrogen-bond donors (Lipinski definition) is 1. The zero-order valence-corrected chi connectivity index (χ0v) is 11.0. The minimum atomic E-state index is -0.450. The van der Waals surface area contributed by atoms with Gasteiger partial charge < -0.3 is 19.5 Å². The second-order valence-electron chi connectivity index (χ2n) is 4.75. The minimum absolute atomic E-state index is 0.138. The zero-order valence-electron chi connectivity index (χ0n) is 11.0. The maximum Gasteiger partial charge on any atom is 0.157 e. The van der Waals surface area contributed by atoms with Gasteiger partial charge in [0, 0.05) is 26.2 Å². The van der Waals surface area contributed by atoms with Gasteiger partial charge in [0.1, 0.15) is 0 Å². The zero-order chi connectivity index (χ0) is 13.0. The number of benzene rings is 1. The fourth-order valence-corrected chi connectivity index (χ4v) is 2.03. The van der Waals surface area contributed by atoms with E-state index in [0.717, 1.165) is 17.7 Å². The van der Waals surface area contributed by atoms with Crippen molar-refractivity contribution in [3.63, 3.8) is 0 Å². The second-order valence-corrected chi connectivity index (χ2v) is 4.75. The molecule has 1 unspecified atom stereocenters. The highest BCUT2D eigenvalue weighted by atomic mass is 16.7. The summed E-state index contributed by atoms with van der Waals surface area (Å²) in [5.41, 5.74) is 2.08. The van der Waals surface area contributed by atoms with Crippen LogP contribution in [0.5, 0.6) is 0 Å². The third-order valence-electron chi connectivity index (χ3n) is 3.16. The first-order chi connectivity index (χ1) is 8.66. The lowest BCUT2D eigenvalue weighted by molar-refractivity contribution is -0.0542. The maximum absolute atomic E-state index is 10.1. The predicted molar refractivity (Wildman–Crippen MR) is 70.7 cm³/mol. The van der Waals surface area contributed by atoms with Crippen LogP contribution in [0.25, 0.3) is 0 Å². The molecule has 1 aromatic carbocycles. The lowest BCUT2D eigenvalue weighted by Gasteiger charge is -2.16. The average Bonchev–Trinajstić information content (AvgIpc) is 2.89. The van der Waals surface area contributed by atoms with Gasteiger partial charge in [0.2, 0.25) is 0 Å². The van der Waals surface area contributed by atoms with E-state index in [-0.39, 0.29) is 6.29 Å². The van der Waals surface area contributed by atoms with E-state index in [1.165, 1.54) is 0 Å². The second kappa shape index (κ2) is 6.18. The Kier molecular flexibility index (Phi) is 4.58. The van der Waals surface area contributed by atoms with Crippen LogP contribution in [0.15, 0.2) is 24.3 Å². The topological polar surface area (TPSA) is 41.9 Å². The van der Waals surface area contributed by atoms with Crippen molar-refractivity contribution in [3.05, 3.63) is 29.8 Å². The quantitative estimate of drug-likeness (QED) is 0.868. The van der Waals surface area contributed by atoms with Crippen LogP contribution in [-0.4, -0.2) is 38.7 Å². The molecule has 18 heavy (non-hydrogen) atoms. The molecule has 0 bridgehead atoms. The average molecular weight is 251 g/mol. The Morgan fingerprint density at radius 2 is 1.83 bits per heavy atom. The van der Waals surface area contributed by atoms with Crippen molar-refractivity contribution in [2.75, 3.05) is 32.2 Å². The molecule has 0 aromatic heterocycles. The van der Waals surface area contributed by atoms with Gasteiger partial charge in [0.15, 0.2) is 6.29 Å².